The van der Waals surface area contributed by atoms with Crippen LogP contribution in [0.1, 0.15) is 25.7 Å². The minimum Gasteiger partial charge on any atom is -0.330 e. The Morgan fingerprint density at radius 1 is 0.812 bits per heavy atom. The van der Waals surface area contributed by atoms with Crippen molar-refractivity contribution in [3.8, 4) is 0 Å². The van der Waals surface area contributed by atoms with Gasteiger partial charge in [-0.05, 0) is 25.9 Å². The Kier molecular flexibility index (Phi) is 23.5. The molecule has 0 aromatic rings. The smallest absolute Gasteiger partial charge is 0.291 e. The minimum absolute atomic E-state index is 0.824. The van der Waals surface area contributed by atoms with Crippen LogP contribution in [0.15, 0.2) is 0 Å². The monoisotopic (exact) mass is 242 g/mol. The zero-order valence-electron chi connectivity index (χ0n) is 8.82. The van der Waals surface area contributed by atoms with E-state index in [4.69, 9.17) is 42.1 Å². The second-order valence-corrected chi connectivity index (χ2v) is 2.47. The molecular formula is C6H18N4O6. The summed E-state index contributed by atoms with van der Waals surface area (Å²) < 4.78 is 0. The van der Waals surface area contributed by atoms with Crippen molar-refractivity contribution in [1.82, 2.24) is 0 Å². The topological polar surface area (TPSA) is 179 Å². The van der Waals surface area contributed by atoms with Crippen molar-refractivity contribution in [3.05, 3.63) is 20.2 Å². The summed E-state index contributed by atoms with van der Waals surface area (Å²) >= 11 is 0. The lowest BCUT2D eigenvalue weighted by Gasteiger charge is -1.94. The maximum atomic E-state index is 8.36. The summed E-state index contributed by atoms with van der Waals surface area (Å²) in [6.07, 6.45) is 4.79. The molecule has 0 rings (SSSR count). The number of unbranched alkanes of at least 4 members (excludes halogenated alkanes) is 3. The average Bonchev–Trinajstić information content (AvgIpc) is 2.11. The van der Waals surface area contributed by atoms with Crippen molar-refractivity contribution in [1.29, 1.82) is 0 Å². The van der Waals surface area contributed by atoms with Gasteiger partial charge < -0.3 is 21.9 Å². The van der Waals surface area contributed by atoms with E-state index >= 15 is 0 Å². The molecule has 0 saturated carbocycles. The van der Waals surface area contributed by atoms with Gasteiger partial charge in [-0.3, -0.25) is 0 Å². The van der Waals surface area contributed by atoms with E-state index in [1.807, 2.05) is 0 Å². The van der Waals surface area contributed by atoms with Gasteiger partial charge in [0.25, 0.3) is 10.2 Å². The summed E-state index contributed by atoms with van der Waals surface area (Å²) in [5.41, 5.74) is 10.6. The van der Waals surface area contributed by atoms with Crippen LogP contribution in [0.4, 0.5) is 0 Å². The number of hydrogen-bond donors (Lipinski definition) is 4. The molecule has 98 valence electrons. The molecule has 10 nitrogen and oxygen atoms in total. The maximum Gasteiger partial charge on any atom is 0.291 e. The molecule has 0 fully saturated rings. The Hall–Kier alpha value is -1.68. The van der Waals surface area contributed by atoms with Gasteiger partial charge in [-0.15, -0.1) is 20.2 Å². The molecule has 0 spiro atoms. The van der Waals surface area contributed by atoms with E-state index in [-0.39, 0.29) is 0 Å². The predicted octanol–water partition coefficient (Wildman–Crippen LogP) is -0.231. The molecule has 0 heterocycles. The van der Waals surface area contributed by atoms with E-state index < -0.39 is 10.2 Å². The molecule has 0 amide bonds. The van der Waals surface area contributed by atoms with Crippen LogP contribution in [0, 0.1) is 20.2 Å². The first kappa shape index (κ1) is 19.8. The third-order valence-corrected chi connectivity index (χ3v) is 1.16. The third-order valence-electron chi connectivity index (χ3n) is 1.16. The minimum atomic E-state index is -1.50. The van der Waals surface area contributed by atoms with E-state index in [0.717, 1.165) is 25.9 Å². The van der Waals surface area contributed by atoms with Crippen molar-refractivity contribution in [2.75, 3.05) is 13.1 Å². The molecule has 16 heavy (non-hydrogen) atoms. The van der Waals surface area contributed by atoms with Gasteiger partial charge in [-0.2, -0.15) is 0 Å². The van der Waals surface area contributed by atoms with Crippen LogP contribution in [0.2, 0.25) is 0 Å². The Morgan fingerprint density at radius 2 is 1.00 bits per heavy atom. The maximum absolute atomic E-state index is 8.36. The van der Waals surface area contributed by atoms with E-state index in [1.54, 1.807) is 0 Å². The van der Waals surface area contributed by atoms with Crippen LogP contribution in [-0.2, 0) is 0 Å². The van der Waals surface area contributed by atoms with E-state index in [2.05, 4.69) is 0 Å². The molecule has 0 aromatic carbocycles. The molecule has 10 heteroatoms. The summed E-state index contributed by atoms with van der Waals surface area (Å²) in [5, 5.41) is 27.3. The quantitative estimate of drug-likeness (QED) is 0.289. The van der Waals surface area contributed by atoms with Gasteiger partial charge in [-0.1, -0.05) is 12.8 Å². The summed E-state index contributed by atoms with van der Waals surface area (Å²) in [4.78, 5) is 16.7. The second-order valence-electron chi connectivity index (χ2n) is 2.47. The van der Waals surface area contributed by atoms with E-state index in [1.165, 1.54) is 12.8 Å². The van der Waals surface area contributed by atoms with Crippen molar-refractivity contribution in [3.63, 3.8) is 0 Å². The molecular weight excluding hydrogens is 224 g/mol. The standard InChI is InChI=1S/C6H16N2.2HNO3/c7-5-3-1-2-4-6-8;2*2-1(3)4/h1-8H2;2*(H,2,3,4). The summed E-state index contributed by atoms with van der Waals surface area (Å²) in [5.74, 6) is 0. The molecule has 0 aliphatic heterocycles. The lowest BCUT2D eigenvalue weighted by molar-refractivity contribution is -0.742. The SMILES string of the molecule is NCCCCCCN.O=[N+]([O-])O.O=[N+]([O-])O. The van der Waals surface area contributed by atoms with Gasteiger partial charge >= 0.3 is 0 Å². The first-order valence-corrected chi connectivity index (χ1v) is 4.45. The number of rotatable bonds is 5. The average molecular weight is 242 g/mol. The molecule has 0 aliphatic carbocycles. The van der Waals surface area contributed by atoms with Crippen molar-refractivity contribution in [2.45, 2.75) is 25.7 Å². The Bertz CT molecular complexity index is 141. The van der Waals surface area contributed by atoms with Crippen LogP contribution in [0.25, 0.3) is 0 Å². The number of hydrogen-bond acceptors (Lipinski definition) is 6. The van der Waals surface area contributed by atoms with E-state index in [9.17, 15) is 0 Å². The van der Waals surface area contributed by atoms with Crippen LogP contribution in [-0.4, -0.2) is 33.7 Å². The number of nitrogens with zero attached hydrogens (tertiary/aromatic N) is 2. The van der Waals surface area contributed by atoms with Crippen LogP contribution < -0.4 is 11.5 Å². The third kappa shape index (κ3) is 143. The molecule has 0 saturated heterocycles. The fourth-order valence-electron chi connectivity index (χ4n) is 0.642. The molecule has 6 N–H and O–H groups in total. The lowest BCUT2D eigenvalue weighted by Crippen LogP contribution is -2.00. The van der Waals surface area contributed by atoms with Crippen LogP contribution in [0.5, 0.6) is 0 Å². The zero-order valence-corrected chi connectivity index (χ0v) is 8.82. The molecule has 0 unspecified atom stereocenters. The summed E-state index contributed by atoms with van der Waals surface area (Å²) in [6, 6.07) is 0. The van der Waals surface area contributed by atoms with Crippen molar-refractivity contribution < 1.29 is 20.6 Å². The highest BCUT2D eigenvalue weighted by Crippen LogP contribution is 1.95. The molecule has 0 aliphatic rings. The highest BCUT2D eigenvalue weighted by Gasteiger charge is 1.83. The molecule has 0 atom stereocenters. The molecule has 0 radical (unpaired) electrons. The largest absolute Gasteiger partial charge is 0.330 e. The molecule has 0 bridgehead atoms. The van der Waals surface area contributed by atoms with E-state index in [0.29, 0.717) is 0 Å². The van der Waals surface area contributed by atoms with Crippen molar-refractivity contribution in [2.24, 2.45) is 11.5 Å². The Morgan fingerprint density at radius 3 is 1.12 bits per heavy atom. The first-order chi connectivity index (χ1) is 7.38. The van der Waals surface area contributed by atoms with Gasteiger partial charge in [0.2, 0.25) is 0 Å². The van der Waals surface area contributed by atoms with Gasteiger partial charge in [0.05, 0.1) is 0 Å². The van der Waals surface area contributed by atoms with Crippen molar-refractivity contribution >= 4 is 0 Å². The summed E-state index contributed by atoms with van der Waals surface area (Å²) in [7, 11) is 0. The van der Waals surface area contributed by atoms with Gasteiger partial charge in [-0.25, -0.2) is 0 Å². The van der Waals surface area contributed by atoms with Gasteiger partial charge in [0, 0.05) is 0 Å². The summed E-state index contributed by atoms with van der Waals surface area (Å²) in [6.45, 7) is 1.65. The second kappa shape index (κ2) is 19.0. The first-order valence-electron chi connectivity index (χ1n) is 4.45. The Labute approximate surface area is 92.1 Å². The highest BCUT2D eigenvalue weighted by atomic mass is 16.9. The Balaban J connectivity index is -0.000000179. The van der Waals surface area contributed by atoms with Crippen LogP contribution >= 0.6 is 0 Å². The predicted molar refractivity (Wildman–Crippen MR) is 54.1 cm³/mol. The molecule has 0 aromatic heterocycles. The van der Waals surface area contributed by atoms with Gasteiger partial charge in [0.1, 0.15) is 0 Å². The van der Waals surface area contributed by atoms with Crippen LogP contribution in [0.3, 0.4) is 0 Å². The lowest BCUT2D eigenvalue weighted by atomic mass is 10.2. The number of nitrogens with two attached hydrogens (primary N) is 2. The normalized spacial score (nSPS) is 7.88. The fourth-order valence-corrected chi connectivity index (χ4v) is 0.642. The fraction of sp³-hybridized carbons (Fsp3) is 1.00. The van der Waals surface area contributed by atoms with Gasteiger partial charge in [0.15, 0.2) is 0 Å². The highest BCUT2D eigenvalue weighted by molar-refractivity contribution is 4.43. The zero-order chi connectivity index (χ0) is 13.4.